The molecule has 1 atom stereocenters. The van der Waals surface area contributed by atoms with Crippen molar-refractivity contribution in [1.82, 2.24) is 5.01 Å². The Morgan fingerprint density at radius 3 is 2.59 bits per heavy atom. The molecule has 0 saturated carbocycles. The molecule has 0 radical (unpaired) electrons. The lowest BCUT2D eigenvalue weighted by Gasteiger charge is -2.22. The van der Waals surface area contributed by atoms with E-state index in [9.17, 15) is 9.59 Å². The van der Waals surface area contributed by atoms with Crippen LogP contribution in [0.2, 0.25) is 5.02 Å². The Labute approximate surface area is 202 Å². The van der Waals surface area contributed by atoms with E-state index in [0.717, 1.165) is 33.9 Å². The maximum Gasteiger partial charge on any atom is 0.281 e. The molecule has 34 heavy (non-hydrogen) atoms. The third-order valence-electron chi connectivity index (χ3n) is 5.88. The molecule has 1 aliphatic heterocycles. The minimum absolute atomic E-state index is 0.196. The average Bonchev–Trinajstić information content (AvgIpc) is 3.33. The fourth-order valence-corrected chi connectivity index (χ4v) is 4.34. The zero-order valence-corrected chi connectivity index (χ0v) is 19.0. The van der Waals surface area contributed by atoms with Gasteiger partial charge < -0.3 is 4.74 Å². The molecule has 0 spiro atoms. The van der Waals surface area contributed by atoms with Gasteiger partial charge >= 0.3 is 0 Å². The van der Waals surface area contributed by atoms with E-state index in [2.05, 4.69) is 18.2 Å². The first-order valence-electron chi connectivity index (χ1n) is 10.9. The van der Waals surface area contributed by atoms with Gasteiger partial charge in [-0.3, -0.25) is 9.59 Å². The van der Waals surface area contributed by atoms with Crippen LogP contribution in [0.4, 0.5) is 0 Å². The van der Waals surface area contributed by atoms with E-state index < -0.39 is 0 Å². The summed E-state index contributed by atoms with van der Waals surface area (Å²) in [6, 6.07) is 28.2. The predicted molar refractivity (Wildman–Crippen MR) is 133 cm³/mol. The molecular formula is C28H21ClN2O3. The molecule has 5 rings (SSSR count). The highest BCUT2D eigenvalue weighted by molar-refractivity contribution is 6.30. The largest absolute Gasteiger partial charge is 0.484 e. The number of fused-ring (bicyclic) bond motifs is 1. The topological polar surface area (TPSA) is 59.0 Å². The molecule has 168 valence electrons. The molecule has 1 amide bonds. The van der Waals surface area contributed by atoms with E-state index >= 15 is 0 Å². The quantitative estimate of drug-likeness (QED) is 0.323. The van der Waals surface area contributed by atoms with Gasteiger partial charge in [-0.1, -0.05) is 78.3 Å². The molecule has 0 N–H and O–H groups in total. The second-order valence-electron chi connectivity index (χ2n) is 8.06. The van der Waals surface area contributed by atoms with Gasteiger partial charge in [0.2, 0.25) is 0 Å². The van der Waals surface area contributed by atoms with Crippen LogP contribution >= 0.6 is 11.6 Å². The van der Waals surface area contributed by atoms with E-state index in [1.165, 1.54) is 5.01 Å². The number of hydrogen-bond donors (Lipinski definition) is 0. The minimum Gasteiger partial charge on any atom is -0.484 e. The van der Waals surface area contributed by atoms with Gasteiger partial charge in [0.05, 0.1) is 11.8 Å². The van der Waals surface area contributed by atoms with Crippen LogP contribution in [0.25, 0.3) is 10.8 Å². The van der Waals surface area contributed by atoms with Gasteiger partial charge in [-0.25, -0.2) is 5.01 Å². The molecule has 0 aliphatic carbocycles. The minimum atomic E-state index is -0.274. The zero-order valence-electron chi connectivity index (χ0n) is 18.2. The maximum atomic E-state index is 13.3. The van der Waals surface area contributed by atoms with E-state index in [-0.39, 0.29) is 18.6 Å². The van der Waals surface area contributed by atoms with Gasteiger partial charge in [0.15, 0.2) is 6.61 Å². The summed E-state index contributed by atoms with van der Waals surface area (Å²) in [7, 11) is 0. The molecular weight excluding hydrogens is 448 g/mol. The van der Waals surface area contributed by atoms with Crippen LogP contribution in [0.1, 0.15) is 33.9 Å². The fraction of sp³-hybridized carbons (Fsp3) is 0.107. The van der Waals surface area contributed by atoms with Crippen LogP contribution in [-0.4, -0.2) is 29.5 Å². The van der Waals surface area contributed by atoms with Gasteiger partial charge in [-0.15, -0.1) is 0 Å². The fourth-order valence-electron chi connectivity index (χ4n) is 4.21. The zero-order chi connectivity index (χ0) is 23.5. The summed E-state index contributed by atoms with van der Waals surface area (Å²) in [6.07, 6.45) is 1.31. The number of rotatable bonds is 6. The van der Waals surface area contributed by atoms with Gasteiger partial charge in [0.1, 0.15) is 12.0 Å². The highest BCUT2D eigenvalue weighted by atomic mass is 35.5. The van der Waals surface area contributed by atoms with Crippen molar-refractivity contribution in [3.05, 3.63) is 113 Å². The molecule has 0 aromatic heterocycles. The van der Waals surface area contributed by atoms with Crippen molar-refractivity contribution < 1.29 is 14.3 Å². The van der Waals surface area contributed by atoms with E-state index in [1.807, 2.05) is 48.5 Å². The lowest BCUT2D eigenvalue weighted by molar-refractivity contribution is -0.135. The Morgan fingerprint density at radius 2 is 1.76 bits per heavy atom. The number of hydrazone groups is 1. The number of carbonyl (C=O) groups is 2. The summed E-state index contributed by atoms with van der Waals surface area (Å²) < 4.78 is 5.70. The van der Waals surface area contributed by atoms with Crippen LogP contribution in [0.3, 0.4) is 0 Å². The monoisotopic (exact) mass is 468 g/mol. The third kappa shape index (κ3) is 4.43. The summed E-state index contributed by atoms with van der Waals surface area (Å²) >= 11 is 6.10. The first-order valence-corrected chi connectivity index (χ1v) is 11.3. The summed E-state index contributed by atoms with van der Waals surface area (Å²) in [6.45, 7) is -0.196. The van der Waals surface area contributed by atoms with Crippen molar-refractivity contribution in [2.24, 2.45) is 5.10 Å². The highest BCUT2D eigenvalue weighted by Crippen LogP contribution is 2.35. The van der Waals surface area contributed by atoms with E-state index in [1.54, 1.807) is 24.3 Å². The SMILES string of the molecule is O=Cc1cccc(OCC(=O)N2N=C(c3cccc4ccccc34)CC2c2ccc(Cl)cc2)c1. The van der Waals surface area contributed by atoms with Crippen molar-refractivity contribution in [1.29, 1.82) is 0 Å². The predicted octanol–water partition coefficient (Wildman–Crippen LogP) is 6.06. The molecule has 6 heteroatoms. The second kappa shape index (κ2) is 9.49. The van der Waals surface area contributed by atoms with Crippen LogP contribution in [-0.2, 0) is 4.79 Å². The van der Waals surface area contributed by atoms with Crippen molar-refractivity contribution >= 4 is 40.3 Å². The van der Waals surface area contributed by atoms with E-state index in [4.69, 9.17) is 21.4 Å². The summed E-state index contributed by atoms with van der Waals surface area (Å²) in [4.78, 5) is 24.3. The first-order chi connectivity index (χ1) is 16.6. The van der Waals surface area contributed by atoms with Gasteiger partial charge in [0.25, 0.3) is 5.91 Å². The second-order valence-corrected chi connectivity index (χ2v) is 8.50. The standard InChI is InChI=1S/C28H21ClN2O3/c29-22-13-11-21(12-14-22)27-16-26(25-10-4-7-20-6-1-2-9-24(20)25)30-31(27)28(33)18-34-23-8-3-5-19(15-23)17-32/h1-15,17,27H,16,18H2. The molecule has 0 fully saturated rings. The Bertz CT molecular complexity index is 1390. The number of ether oxygens (including phenoxy) is 1. The van der Waals surface area contributed by atoms with Crippen molar-refractivity contribution in [2.45, 2.75) is 12.5 Å². The van der Waals surface area contributed by atoms with Crippen molar-refractivity contribution in [3.8, 4) is 5.75 Å². The van der Waals surface area contributed by atoms with Gasteiger partial charge in [-0.2, -0.15) is 5.10 Å². The normalized spacial score (nSPS) is 15.3. The summed E-state index contributed by atoms with van der Waals surface area (Å²) in [5, 5.41) is 9.11. The Morgan fingerprint density at radius 1 is 1.00 bits per heavy atom. The number of hydrogen-bond acceptors (Lipinski definition) is 4. The average molecular weight is 469 g/mol. The molecule has 1 unspecified atom stereocenters. The summed E-state index contributed by atoms with van der Waals surface area (Å²) in [5.74, 6) is 0.185. The number of amides is 1. The lowest BCUT2D eigenvalue weighted by Crippen LogP contribution is -2.31. The molecule has 4 aromatic rings. The highest BCUT2D eigenvalue weighted by Gasteiger charge is 2.33. The maximum absolute atomic E-state index is 13.3. The number of halogens is 1. The third-order valence-corrected chi connectivity index (χ3v) is 6.13. The Balaban J connectivity index is 1.46. The molecule has 1 aliphatic rings. The van der Waals surface area contributed by atoms with Gasteiger partial charge in [0, 0.05) is 22.6 Å². The molecule has 4 aromatic carbocycles. The lowest BCUT2D eigenvalue weighted by atomic mass is 9.95. The van der Waals surface area contributed by atoms with Crippen molar-refractivity contribution in [2.75, 3.05) is 6.61 Å². The van der Waals surface area contributed by atoms with Gasteiger partial charge in [-0.05, 0) is 40.6 Å². The smallest absolute Gasteiger partial charge is 0.281 e. The first kappa shape index (κ1) is 21.9. The van der Waals surface area contributed by atoms with Crippen LogP contribution in [0.5, 0.6) is 5.75 Å². The molecule has 5 nitrogen and oxygen atoms in total. The Kier molecular flexibility index (Phi) is 6.11. The summed E-state index contributed by atoms with van der Waals surface area (Å²) in [5.41, 5.74) is 3.28. The molecule has 1 heterocycles. The number of benzene rings is 4. The number of carbonyl (C=O) groups excluding carboxylic acids is 2. The van der Waals surface area contributed by atoms with Crippen LogP contribution in [0, 0.1) is 0 Å². The number of aldehydes is 1. The van der Waals surface area contributed by atoms with E-state index in [0.29, 0.717) is 22.8 Å². The Hall–Kier alpha value is -3.96. The van der Waals surface area contributed by atoms with Crippen molar-refractivity contribution in [3.63, 3.8) is 0 Å². The van der Waals surface area contributed by atoms with Crippen LogP contribution in [0.15, 0.2) is 96.1 Å². The molecule has 0 bridgehead atoms. The molecule has 0 saturated heterocycles. The van der Waals surface area contributed by atoms with Crippen LogP contribution < -0.4 is 4.74 Å². The number of nitrogens with zero attached hydrogens (tertiary/aromatic N) is 2.